The van der Waals surface area contributed by atoms with Gasteiger partial charge in [-0.15, -0.1) is 0 Å². The third-order valence-corrected chi connectivity index (χ3v) is 5.66. The molecule has 3 rings (SSSR count). The molecule has 0 fully saturated rings. The second kappa shape index (κ2) is 7.87. The number of fused-ring (bicyclic) bond motifs is 1. The van der Waals surface area contributed by atoms with E-state index in [2.05, 4.69) is 15.0 Å². The molecule has 0 radical (unpaired) electrons. The Kier molecular flexibility index (Phi) is 5.58. The van der Waals surface area contributed by atoms with Gasteiger partial charge in [-0.2, -0.15) is 0 Å². The molecule has 7 nitrogen and oxygen atoms in total. The number of nitrogens with zero attached hydrogens (tertiary/aromatic N) is 4. The Hall–Kier alpha value is -2.08. The summed E-state index contributed by atoms with van der Waals surface area (Å²) in [7, 11) is -3.24. The molecule has 1 aromatic carbocycles. The van der Waals surface area contributed by atoms with Crippen LogP contribution in [0.5, 0.6) is 0 Å². The van der Waals surface area contributed by atoms with Crippen LogP contribution in [-0.4, -0.2) is 32.7 Å². The Labute approximate surface area is 146 Å². The summed E-state index contributed by atoms with van der Waals surface area (Å²) in [5, 5.41) is 0. The molecule has 0 spiro atoms. The molecule has 0 atom stereocenters. The normalized spacial score (nSPS) is 11.9. The molecule has 0 N–H and O–H groups in total. The minimum Gasteiger partial charge on any atom is -0.311 e. The van der Waals surface area contributed by atoms with Gasteiger partial charge in [0.15, 0.2) is 5.65 Å². The lowest BCUT2D eigenvalue weighted by Gasteiger charge is -2.16. The maximum Gasteiger partial charge on any atom is 0.336 e. The second-order valence-corrected chi connectivity index (χ2v) is 7.51. The molecule has 0 aliphatic carbocycles. The molecule has 8 heteroatoms. The van der Waals surface area contributed by atoms with E-state index in [0.29, 0.717) is 36.6 Å². The molecule has 0 unspecified atom stereocenters. The number of hydrogen-bond acceptors (Lipinski definition) is 6. The molecule has 132 valence electrons. The van der Waals surface area contributed by atoms with Gasteiger partial charge in [0.25, 0.3) is 0 Å². The first-order chi connectivity index (χ1) is 12.1. The van der Waals surface area contributed by atoms with Gasteiger partial charge in [-0.1, -0.05) is 30.3 Å². The highest BCUT2D eigenvalue weighted by Gasteiger charge is 2.27. The highest BCUT2D eigenvalue weighted by atomic mass is 31.2. The van der Waals surface area contributed by atoms with Gasteiger partial charge in [-0.05, 0) is 19.4 Å². The van der Waals surface area contributed by atoms with Crippen molar-refractivity contribution >= 4 is 18.8 Å². The van der Waals surface area contributed by atoms with Crippen LogP contribution in [0.15, 0.2) is 43.0 Å². The van der Waals surface area contributed by atoms with Crippen LogP contribution < -0.4 is 0 Å². The first-order valence-corrected chi connectivity index (χ1v) is 9.94. The molecule has 0 bridgehead atoms. The fraction of sp³-hybridized carbons (Fsp3) is 0.353. The predicted octanol–water partition coefficient (Wildman–Crippen LogP) is 3.64. The Morgan fingerprint density at radius 1 is 1.04 bits per heavy atom. The van der Waals surface area contributed by atoms with Crippen LogP contribution in [0.25, 0.3) is 11.2 Å². The molecule has 25 heavy (non-hydrogen) atoms. The zero-order chi connectivity index (χ0) is 17.7. The van der Waals surface area contributed by atoms with Crippen LogP contribution in [0.2, 0.25) is 0 Å². The summed E-state index contributed by atoms with van der Waals surface area (Å²) < 4.78 is 25.5. The van der Waals surface area contributed by atoms with E-state index in [-0.39, 0.29) is 6.16 Å². The van der Waals surface area contributed by atoms with Crippen molar-refractivity contribution in [3.63, 3.8) is 0 Å². The van der Waals surface area contributed by atoms with Gasteiger partial charge in [0, 0.05) is 0 Å². The zero-order valence-corrected chi connectivity index (χ0v) is 15.2. The number of aromatic nitrogens is 4. The topological polar surface area (TPSA) is 79.1 Å². The minimum atomic E-state index is -3.24. The zero-order valence-electron chi connectivity index (χ0n) is 14.3. The summed E-state index contributed by atoms with van der Waals surface area (Å²) in [5.41, 5.74) is 3.05. The monoisotopic (exact) mass is 360 g/mol. The lowest BCUT2D eigenvalue weighted by atomic mass is 10.2. The minimum absolute atomic E-state index is 0.0794. The summed E-state index contributed by atoms with van der Waals surface area (Å²) in [6.07, 6.45) is 3.27. The van der Waals surface area contributed by atoms with Crippen molar-refractivity contribution in [3.8, 4) is 0 Å². The summed E-state index contributed by atoms with van der Waals surface area (Å²) >= 11 is 0. The summed E-state index contributed by atoms with van der Waals surface area (Å²) in [4.78, 5) is 13.0. The molecular weight excluding hydrogens is 339 g/mol. The first kappa shape index (κ1) is 17.7. The fourth-order valence-corrected chi connectivity index (χ4v) is 4.29. The van der Waals surface area contributed by atoms with Gasteiger partial charge in [0.1, 0.15) is 11.8 Å². The largest absolute Gasteiger partial charge is 0.336 e. The van der Waals surface area contributed by atoms with Crippen molar-refractivity contribution in [2.45, 2.75) is 26.6 Å². The van der Waals surface area contributed by atoms with E-state index < -0.39 is 7.60 Å². The maximum atomic E-state index is 12.8. The highest BCUT2D eigenvalue weighted by Crippen LogP contribution is 2.51. The third-order valence-electron chi connectivity index (χ3n) is 3.67. The van der Waals surface area contributed by atoms with Crippen molar-refractivity contribution in [2.24, 2.45) is 0 Å². The summed E-state index contributed by atoms with van der Waals surface area (Å²) in [6, 6.07) is 10.1. The number of rotatable bonds is 8. The van der Waals surface area contributed by atoms with Crippen molar-refractivity contribution in [1.29, 1.82) is 0 Å². The van der Waals surface area contributed by atoms with Gasteiger partial charge < -0.3 is 13.6 Å². The van der Waals surface area contributed by atoms with Crippen LogP contribution >= 0.6 is 7.60 Å². The van der Waals surface area contributed by atoms with Gasteiger partial charge in [0.2, 0.25) is 0 Å². The Bertz CT molecular complexity index is 872. The lowest BCUT2D eigenvalue weighted by molar-refractivity contribution is 0.219. The standard InChI is InChI=1S/C17H21N4O3P/c1-3-23-25(22,24-4-2)11-15-16-17(19-12-18-15)21(13-20-16)10-14-8-6-5-7-9-14/h5-9,12-13H,3-4,10-11H2,1-2H3. The summed E-state index contributed by atoms with van der Waals surface area (Å²) in [5.74, 6) is 0. The smallest absolute Gasteiger partial charge is 0.311 e. The van der Waals surface area contributed by atoms with Crippen molar-refractivity contribution in [1.82, 2.24) is 19.5 Å². The first-order valence-electron chi connectivity index (χ1n) is 8.22. The van der Waals surface area contributed by atoms with E-state index in [1.165, 1.54) is 6.33 Å². The van der Waals surface area contributed by atoms with E-state index in [9.17, 15) is 4.57 Å². The summed E-state index contributed by atoms with van der Waals surface area (Å²) in [6.45, 7) is 4.86. The number of hydrogen-bond donors (Lipinski definition) is 0. The molecule has 0 aliphatic heterocycles. The van der Waals surface area contributed by atoms with Crippen LogP contribution in [0.4, 0.5) is 0 Å². The van der Waals surface area contributed by atoms with Gasteiger partial charge in [-0.25, -0.2) is 15.0 Å². The van der Waals surface area contributed by atoms with Crippen LogP contribution in [0, 0.1) is 0 Å². The van der Waals surface area contributed by atoms with Crippen molar-refractivity contribution in [2.75, 3.05) is 13.2 Å². The average molecular weight is 360 g/mol. The molecule has 0 saturated carbocycles. The van der Waals surface area contributed by atoms with E-state index in [4.69, 9.17) is 9.05 Å². The fourth-order valence-electron chi connectivity index (χ4n) is 2.65. The average Bonchev–Trinajstić information content (AvgIpc) is 3.00. The van der Waals surface area contributed by atoms with Gasteiger partial charge >= 0.3 is 7.60 Å². The Balaban J connectivity index is 1.92. The van der Waals surface area contributed by atoms with Gasteiger partial charge in [-0.3, -0.25) is 4.57 Å². The SMILES string of the molecule is CCOP(=O)(Cc1ncnc2c1ncn2Cc1ccccc1)OCC. The molecular formula is C17H21N4O3P. The second-order valence-electron chi connectivity index (χ2n) is 5.46. The molecule has 0 saturated heterocycles. The number of benzene rings is 1. The van der Waals surface area contributed by atoms with Gasteiger partial charge in [0.05, 0.1) is 37.9 Å². The molecule has 2 aromatic heterocycles. The predicted molar refractivity (Wildman–Crippen MR) is 95.4 cm³/mol. The molecule has 3 aromatic rings. The highest BCUT2D eigenvalue weighted by molar-refractivity contribution is 7.53. The van der Waals surface area contributed by atoms with Crippen molar-refractivity contribution < 1.29 is 13.6 Å². The van der Waals surface area contributed by atoms with E-state index in [0.717, 1.165) is 5.56 Å². The van der Waals surface area contributed by atoms with E-state index in [1.54, 1.807) is 20.2 Å². The van der Waals surface area contributed by atoms with Crippen LogP contribution in [-0.2, 0) is 26.3 Å². The maximum absolute atomic E-state index is 12.8. The van der Waals surface area contributed by atoms with Crippen molar-refractivity contribution in [3.05, 3.63) is 54.2 Å². The number of imidazole rings is 1. The van der Waals surface area contributed by atoms with Crippen LogP contribution in [0.3, 0.4) is 0 Å². The quantitative estimate of drug-likeness (QED) is 0.571. The van der Waals surface area contributed by atoms with Crippen LogP contribution in [0.1, 0.15) is 25.1 Å². The molecule has 0 aliphatic rings. The van der Waals surface area contributed by atoms with E-state index in [1.807, 2.05) is 34.9 Å². The lowest BCUT2D eigenvalue weighted by Crippen LogP contribution is -2.03. The third kappa shape index (κ3) is 4.12. The molecule has 2 heterocycles. The van der Waals surface area contributed by atoms with E-state index >= 15 is 0 Å². The Morgan fingerprint density at radius 2 is 1.76 bits per heavy atom. The Morgan fingerprint density at radius 3 is 2.44 bits per heavy atom. The molecule has 0 amide bonds.